The minimum absolute atomic E-state index is 0.744. The third-order valence-corrected chi connectivity index (χ3v) is 5.87. The minimum Gasteiger partial charge on any atom is -0.137 e. The molecule has 0 heterocycles. The molecule has 0 saturated heterocycles. The van der Waals surface area contributed by atoms with Crippen LogP contribution in [-0.2, 0) is 12.8 Å². The van der Waals surface area contributed by atoms with E-state index in [1.807, 2.05) is 0 Å². The van der Waals surface area contributed by atoms with Crippen LogP contribution in [0.15, 0.2) is 47.8 Å². The number of rotatable bonds is 6. The number of allylic oxidation sites excluding steroid dienone is 5. The summed E-state index contributed by atoms with van der Waals surface area (Å²) < 4.78 is 0. The molecule has 118 valence electrons. The fraction of sp³-hybridized carbons (Fsp3) is 0.368. The lowest BCUT2D eigenvalue weighted by Gasteiger charge is -2.21. The zero-order valence-electron chi connectivity index (χ0n) is 13.4. The van der Waals surface area contributed by atoms with Gasteiger partial charge in [0, 0.05) is 0 Å². The van der Waals surface area contributed by atoms with E-state index in [1.54, 1.807) is 0 Å². The monoisotopic (exact) mass is 348 g/mol. The molecule has 0 aromatic heterocycles. The van der Waals surface area contributed by atoms with Crippen molar-refractivity contribution in [1.82, 2.24) is 0 Å². The predicted octanol–water partition coefficient (Wildman–Crippen LogP) is 5.26. The first-order valence-electron chi connectivity index (χ1n) is 7.89. The Hall–Kier alpha value is -0.270. The molecule has 0 spiro atoms. The lowest BCUT2D eigenvalue weighted by atomic mass is 9.84. The quantitative estimate of drug-likeness (QED) is 0.486. The Kier molecular flexibility index (Phi) is 7.02. The normalized spacial score (nSPS) is 14.8. The lowest BCUT2D eigenvalue weighted by molar-refractivity contribution is 0.669. The molecule has 0 saturated carbocycles. The van der Waals surface area contributed by atoms with Crippen molar-refractivity contribution in [3.05, 3.63) is 64.5 Å². The Morgan fingerprint density at radius 3 is 2.64 bits per heavy atom. The summed E-state index contributed by atoms with van der Waals surface area (Å²) in [6, 6.07) is 7.06. The molecule has 3 unspecified atom stereocenters. The first-order chi connectivity index (χ1) is 10.5. The van der Waals surface area contributed by atoms with Crippen LogP contribution < -0.4 is 0 Å². The van der Waals surface area contributed by atoms with Gasteiger partial charge in [0.15, 0.2) is 0 Å². The molecule has 0 amide bonds. The van der Waals surface area contributed by atoms with Crippen LogP contribution in [0.4, 0.5) is 0 Å². The molecule has 3 atom stereocenters. The van der Waals surface area contributed by atoms with Gasteiger partial charge < -0.3 is 0 Å². The highest BCUT2D eigenvalue weighted by molar-refractivity contribution is 7.22. The number of hydrogen-bond acceptors (Lipinski definition) is 0. The summed E-state index contributed by atoms with van der Waals surface area (Å²) >= 11 is 0. The lowest BCUT2D eigenvalue weighted by Crippen LogP contribution is -2.09. The third kappa shape index (κ3) is 4.61. The van der Waals surface area contributed by atoms with Gasteiger partial charge in [0.05, 0.1) is 0 Å². The molecule has 22 heavy (non-hydrogen) atoms. The molecular formula is C19H27P3. The van der Waals surface area contributed by atoms with E-state index in [0.29, 0.717) is 0 Å². The van der Waals surface area contributed by atoms with Gasteiger partial charge >= 0.3 is 0 Å². The maximum Gasteiger partial charge on any atom is -0.0152 e. The highest BCUT2D eigenvalue weighted by Gasteiger charge is 2.16. The molecular weight excluding hydrogens is 321 g/mol. The number of hydrogen-bond donors (Lipinski definition) is 0. The predicted molar refractivity (Wildman–Crippen MR) is 112 cm³/mol. The first kappa shape index (κ1) is 18.1. The molecule has 1 aliphatic carbocycles. The number of benzene rings is 1. The van der Waals surface area contributed by atoms with Crippen molar-refractivity contribution in [3.63, 3.8) is 0 Å². The van der Waals surface area contributed by atoms with E-state index in [2.05, 4.69) is 71.6 Å². The second kappa shape index (κ2) is 8.55. The van der Waals surface area contributed by atoms with Crippen LogP contribution in [-0.4, -0.2) is 12.3 Å². The van der Waals surface area contributed by atoms with E-state index in [-0.39, 0.29) is 0 Å². The number of fused-ring (bicyclic) bond motifs is 1. The molecule has 0 nitrogen and oxygen atoms in total. The Balaban J connectivity index is 2.30. The fourth-order valence-corrected chi connectivity index (χ4v) is 4.15. The summed E-state index contributed by atoms with van der Waals surface area (Å²) in [6.07, 6.45) is 10.2. The Bertz CT molecular complexity index is 607. The minimum atomic E-state index is 0.744. The van der Waals surface area contributed by atoms with Gasteiger partial charge in [-0.3, -0.25) is 0 Å². The third-order valence-electron chi connectivity index (χ3n) is 4.34. The van der Waals surface area contributed by atoms with Crippen LogP contribution in [0.25, 0.3) is 5.57 Å². The van der Waals surface area contributed by atoms with Gasteiger partial charge in [-0.1, -0.05) is 42.5 Å². The van der Waals surface area contributed by atoms with Crippen molar-refractivity contribution < 1.29 is 0 Å². The second-order valence-electron chi connectivity index (χ2n) is 6.14. The summed E-state index contributed by atoms with van der Waals surface area (Å²) in [6.45, 7) is 6.19. The van der Waals surface area contributed by atoms with Crippen molar-refractivity contribution in [2.45, 2.75) is 26.2 Å². The van der Waals surface area contributed by atoms with Crippen LogP contribution in [0.1, 0.15) is 30.0 Å². The molecule has 0 bridgehead atoms. The van der Waals surface area contributed by atoms with Gasteiger partial charge in [0.2, 0.25) is 0 Å². The number of aryl methyl sites for hydroxylation is 1. The zero-order chi connectivity index (χ0) is 16.1. The molecule has 0 fully saturated rings. The Morgan fingerprint density at radius 1 is 1.27 bits per heavy atom. The highest BCUT2D eigenvalue weighted by Crippen LogP contribution is 2.33. The molecule has 3 heteroatoms. The van der Waals surface area contributed by atoms with Gasteiger partial charge in [0.25, 0.3) is 0 Å². The standard InChI is InChI=1S/C19H27P3/c1-13-3-6-17-10-15(9-16(11-20)12-21)5-8-19(17)18(13)7-4-14(2)22/h4-5,7-8,10,16H,2-3,6,9,11-12,20-22H2,1H3/b7-4-. The molecule has 1 aromatic rings. The van der Waals surface area contributed by atoms with Crippen LogP contribution >= 0.6 is 27.7 Å². The molecule has 0 radical (unpaired) electrons. The smallest absolute Gasteiger partial charge is 0.0152 e. The van der Waals surface area contributed by atoms with E-state index >= 15 is 0 Å². The largest absolute Gasteiger partial charge is 0.137 e. The summed E-state index contributed by atoms with van der Waals surface area (Å²) in [5.74, 6) is 0.744. The fourth-order valence-electron chi connectivity index (χ4n) is 2.95. The van der Waals surface area contributed by atoms with Crippen LogP contribution in [0.5, 0.6) is 0 Å². The summed E-state index contributed by atoms with van der Waals surface area (Å²) in [4.78, 5) is 0. The SMILES string of the molecule is C=C(P)/C=C\C1=C(C)CCc2cc(CC(CP)CP)ccc21. The van der Waals surface area contributed by atoms with Crippen molar-refractivity contribution in [3.8, 4) is 0 Å². The van der Waals surface area contributed by atoms with Gasteiger partial charge in [0.1, 0.15) is 0 Å². The topological polar surface area (TPSA) is 0 Å². The second-order valence-corrected chi connectivity index (χ2v) is 7.82. The van der Waals surface area contributed by atoms with E-state index in [4.69, 9.17) is 0 Å². The molecule has 2 rings (SSSR count). The van der Waals surface area contributed by atoms with E-state index in [1.165, 1.54) is 53.0 Å². The van der Waals surface area contributed by atoms with Crippen LogP contribution in [0.2, 0.25) is 0 Å². The highest BCUT2D eigenvalue weighted by atomic mass is 31.0. The molecule has 1 aliphatic rings. The molecule has 0 N–H and O–H groups in total. The molecule has 1 aromatic carbocycles. The first-order valence-corrected chi connectivity index (χ1v) is 10.1. The van der Waals surface area contributed by atoms with Gasteiger partial charge in [-0.15, -0.1) is 27.7 Å². The van der Waals surface area contributed by atoms with Crippen LogP contribution in [0.3, 0.4) is 0 Å². The Labute approximate surface area is 142 Å². The van der Waals surface area contributed by atoms with Crippen molar-refractivity contribution in [2.24, 2.45) is 5.92 Å². The molecule has 0 aliphatic heterocycles. The zero-order valence-corrected chi connectivity index (χ0v) is 16.9. The maximum absolute atomic E-state index is 3.94. The average molecular weight is 348 g/mol. The Morgan fingerprint density at radius 2 is 2.00 bits per heavy atom. The van der Waals surface area contributed by atoms with Crippen LogP contribution in [0, 0.1) is 5.92 Å². The van der Waals surface area contributed by atoms with Crippen molar-refractivity contribution >= 4 is 33.3 Å². The maximum atomic E-state index is 3.94. The van der Waals surface area contributed by atoms with E-state index < -0.39 is 0 Å². The summed E-state index contributed by atoms with van der Waals surface area (Å²) in [5, 5.41) is 1.02. The van der Waals surface area contributed by atoms with E-state index in [9.17, 15) is 0 Å². The van der Waals surface area contributed by atoms with Gasteiger partial charge in [-0.05, 0) is 72.0 Å². The van der Waals surface area contributed by atoms with Crippen molar-refractivity contribution in [2.75, 3.05) is 12.3 Å². The summed E-state index contributed by atoms with van der Waals surface area (Å²) in [5.41, 5.74) is 7.25. The van der Waals surface area contributed by atoms with Gasteiger partial charge in [-0.2, -0.15) is 0 Å². The van der Waals surface area contributed by atoms with E-state index in [0.717, 1.165) is 17.7 Å². The van der Waals surface area contributed by atoms with Crippen molar-refractivity contribution in [1.29, 1.82) is 0 Å². The van der Waals surface area contributed by atoms with Gasteiger partial charge in [-0.25, -0.2) is 0 Å². The summed E-state index contributed by atoms with van der Waals surface area (Å²) in [7, 11) is 8.41. The average Bonchev–Trinajstić information content (AvgIpc) is 2.51.